The van der Waals surface area contributed by atoms with Crippen molar-refractivity contribution < 1.29 is 9.90 Å². The number of nitrogens with one attached hydrogen (secondary N) is 1. The Hall–Kier alpha value is -2.92. The van der Waals surface area contributed by atoms with Crippen molar-refractivity contribution in [2.45, 2.75) is 20.3 Å². The van der Waals surface area contributed by atoms with Gasteiger partial charge in [0.25, 0.3) is 5.91 Å². The number of aromatic nitrogens is 2. The highest BCUT2D eigenvalue weighted by atomic mass is 16.3. The molecule has 0 aliphatic heterocycles. The van der Waals surface area contributed by atoms with Crippen LogP contribution in [-0.4, -0.2) is 33.9 Å². The van der Waals surface area contributed by atoms with Gasteiger partial charge in [-0.25, -0.2) is 4.68 Å². The van der Waals surface area contributed by atoms with Crippen molar-refractivity contribution in [3.63, 3.8) is 0 Å². The van der Waals surface area contributed by atoms with Crippen LogP contribution in [0.25, 0.3) is 16.9 Å². The Morgan fingerprint density at radius 2 is 1.88 bits per heavy atom. The van der Waals surface area contributed by atoms with E-state index in [0.29, 0.717) is 24.2 Å². The number of rotatable bonds is 6. The summed E-state index contributed by atoms with van der Waals surface area (Å²) in [6, 6.07) is 15.8. The van der Waals surface area contributed by atoms with Crippen LogP contribution in [-0.2, 0) is 0 Å². The van der Waals surface area contributed by atoms with E-state index in [-0.39, 0.29) is 12.5 Å². The second-order valence-electron chi connectivity index (χ2n) is 6.30. The van der Waals surface area contributed by atoms with E-state index < -0.39 is 0 Å². The maximum atomic E-state index is 12.7. The Balaban J connectivity index is 2.03. The van der Waals surface area contributed by atoms with Gasteiger partial charge in [-0.1, -0.05) is 30.3 Å². The Morgan fingerprint density at radius 3 is 2.58 bits per heavy atom. The Morgan fingerprint density at radius 1 is 1.12 bits per heavy atom. The minimum atomic E-state index is -0.186. The van der Waals surface area contributed by atoms with Gasteiger partial charge in [-0.3, -0.25) is 4.79 Å². The molecular formula is C21H23N3O2. The molecule has 0 atom stereocenters. The first-order valence-corrected chi connectivity index (χ1v) is 8.72. The van der Waals surface area contributed by atoms with Crippen LogP contribution in [0.2, 0.25) is 0 Å². The number of aliphatic hydroxyl groups is 1. The third-order valence-corrected chi connectivity index (χ3v) is 4.38. The Bertz CT molecular complexity index is 901. The lowest BCUT2D eigenvalue weighted by Crippen LogP contribution is -2.25. The zero-order valence-corrected chi connectivity index (χ0v) is 15.1. The summed E-state index contributed by atoms with van der Waals surface area (Å²) in [7, 11) is 0. The smallest absolute Gasteiger partial charge is 0.255 e. The molecule has 0 aliphatic carbocycles. The molecule has 1 aromatic heterocycles. The number of benzene rings is 2. The molecule has 3 rings (SSSR count). The fourth-order valence-electron chi connectivity index (χ4n) is 2.73. The highest BCUT2D eigenvalue weighted by Gasteiger charge is 2.18. The fraction of sp³-hybridized carbons (Fsp3) is 0.238. The van der Waals surface area contributed by atoms with Crippen LogP contribution in [0, 0.1) is 13.8 Å². The normalized spacial score (nSPS) is 10.7. The van der Waals surface area contributed by atoms with Crippen LogP contribution in [0.1, 0.15) is 27.9 Å². The van der Waals surface area contributed by atoms with Crippen molar-refractivity contribution in [3.05, 3.63) is 71.4 Å². The monoisotopic (exact) mass is 349 g/mol. The van der Waals surface area contributed by atoms with Gasteiger partial charge in [0.1, 0.15) is 5.69 Å². The van der Waals surface area contributed by atoms with E-state index in [4.69, 9.17) is 5.11 Å². The SMILES string of the molecule is Cc1ccc(-c2nn(-c3ccccc3)cc2C(=O)NCCCO)cc1C. The second-order valence-corrected chi connectivity index (χ2v) is 6.30. The van der Waals surface area contributed by atoms with Crippen LogP contribution in [0.15, 0.2) is 54.7 Å². The van der Waals surface area contributed by atoms with Crippen LogP contribution < -0.4 is 5.32 Å². The van der Waals surface area contributed by atoms with E-state index >= 15 is 0 Å². The van der Waals surface area contributed by atoms with E-state index in [0.717, 1.165) is 16.8 Å². The van der Waals surface area contributed by atoms with Crippen LogP contribution in [0.4, 0.5) is 0 Å². The molecule has 26 heavy (non-hydrogen) atoms. The molecule has 1 heterocycles. The average molecular weight is 349 g/mol. The molecule has 5 heteroatoms. The zero-order chi connectivity index (χ0) is 18.5. The first-order chi connectivity index (χ1) is 12.6. The topological polar surface area (TPSA) is 67.2 Å². The van der Waals surface area contributed by atoms with E-state index in [1.807, 2.05) is 49.4 Å². The van der Waals surface area contributed by atoms with Gasteiger partial charge in [-0.05, 0) is 49.6 Å². The summed E-state index contributed by atoms with van der Waals surface area (Å²) in [5.41, 5.74) is 5.34. The molecule has 0 radical (unpaired) electrons. The van der Waals surface area contributed by atoms with Gasteiger partial charge >= 0.3 is 0 Å². The molecule has 3 aromatic rings. The maximum absolute atomic E-state index is 12.7. The number of hydrogen-bond acceptors (Lipinski definition) is 3. The van der Waals surface area contributed by atoms with E-state index in [1.165, 1.54) is 5.56 Å². The third-order valence-electron chi connectivity index (χ3n) is 4.38. The number of hydrogen-bond donors (Lipinski definition) is 2. The van der Waals surface area contributed by atoms with E-state index in [2.05, 4.69) is 23.4 Å². The van der Waals surface area contributed by atoms with Gasteiger partial charge in [0.05, 0.1) is 11.3 Å². The largest absolute Gasteiger partial charge is 0.396 e. The Kier molecular flexibility index (Phi) is 5.49. The maximum Gasteiger partial charge on any atom is 0.255 e. The lowest BCUT2D eigenvalue weighted by atomic mass is 10.0. The van der Waals surface area contributed by atoms with Crippen molar-refractivity contribution >= 4 is 5.91 Å². The molecule has 0 aliphatic rings. The van der Waals surface area contributed by atoms with Crippen LogP contribution >= 0.6 is 0 Å². The van der Waals surface area contributed by atoms with Crippen molar-refractivity contribution in [1.82, 2.24) is 15.1 Å². The summed E-state index contributed by atoms with van der Waals surface area (Å²) in [4.78, 5) is 12.7. The third kappa shape index (κ3) is 3.83. The fourth-order valence-corrected chi connectivity index (χ4v) is 2.73. The van der Waals surface area contributed by atoms with E-state index in [9.17, 15) is 4.79 Å². The minimum Gasteiger partial charge on any atom is -0.396 e. The summed E-state index contributed by atoms with van der Waals surface area (Å²) >= 11 is 0. The standard InChI is InChI=1S/C21H23N3O2/c1-15-9-10-17(13-16(15)2)20-19(21(26)22-11-6-12-25)14-24(23-20)18-7-4-3-5-8-18/h3-5,7-10,13-14,25H,6,11-12H2,1-2H3,(H,22,26). The predicted octanol–water partition coefficient (Wildman–Crippen LogP) is 3.27. The van der Waals surface area contributed by atoms with Gasteiger partial charge in [0, 0.05) is 24.9 Å². The van der Waals surface area contributed by atoms with Crippen molar-refractivity contribution in [2.75, 3.05) is 13.2 Å². The average Bonchev–Trinajstić information content (AvgIpc) is 3.10. The summed E-state index contributed by atoms with van der Waals surface area (Å²) in [6.45, 7) is 4.59. The van der Waals surface area contributed by atoms with Crippen LogP contribution in [0.5, 0.6) is 0 Å². The number of carbonyl (C=O) groups is 1. The predicted molar refractivity (Wildman–Crippen MR) is 103 cm³/mol. The molecule has 2 aromatic carbocycles. The summed E-state index contributed by atoms with van der Waals surface area (Å²) in [5.74, 6) is -0.186. The molecule has 1 amide bonds. The van der Waals surface area contributed by atoms with E-state index in [1.54, 1.807) is 10.9 Å². The molecule has 0 spiro atoms. The first-order valence-electron chi connectivity index (χ1n) is 8.72. The number of nitrogens with zero attached hydrogens (tertiary/aromatic N) is 2. The van der Waals surface area contributed by atoms with Gasteiger partial charge in [-0.2, -0.15) is 5.10 Å². The van der Waals surface area contributed by atoms with Crippen molar-refractivity contribution in [2.24, 2.45) is 0 Å². The number of aliphatic hydroxyl groups excluding tert-OH is 1. The molecule has 0 unspecified atom stereocenters. The molecule has 0 saturated carbocycles. The number of carbonyl (C=O) groups excluding carboxylic acids is 1. The molecular weight excluding hydrogens is 326 g/mol. The van der Waals surface area contributed by atoms with Gasteiger partial charge in [0.2, 0.25) is 0 Å². The second kappa shape index (κ2) is 7.97. The molecule has 5 nitrogen and oxygen atoms in total. The van der Waals surface area contributed by atoms with Crippen molar-refractivity contribution in [3.8, 4) is 16.9 Å². The van der Waals surface area contributed by atoms with Gasteiger partial charge in [0.15, 0.2) is 0 Å². The highest BCUT2D eigenvalue weighted by Crippen LogP contribution is 2.25. The minimum absolute atomic E-state index is 0.0492. The first kappa shape index (κ1) is 17.9. The highest BCUT2D eigenvalue weighted by molar-refractivity contribution is 6.00. The quantitative estimate of drug-likeness (QED) is 0.671. The number of para-hydroxylation sites is 1. The lowest BCUT2D eigenvalue weighted by Gasteiger charge is -2.06. The van der Waals surface area contributed by atoms with Gasteiger partial charge < -0.3 is 10.4 Å². The van der Waals surface area contributed by atoms with Gasteiger partial charge in [-0.15, -0.1) is 0 Å². The summed E-state index contributed by atoms with van der Waals surface area (Å²) in [5, 5.41) is 16.4. The molecule has 0 bridgehead atoms. The molecule has 2 N–H and O–H groups in total. The Labute approximate surface area is 153 Å². The molecule has 0 fully saturated rings. The summed E-state index contributed by atoms with van der Waals surface area (Å²) in [6.07, 6.45) is 2.28. The number of amides is 1. The van der Waals surface area contributed by atoms with Crippen molar-refractivity contribution in [1.29, 1.82) is 0 Å². The zero-order valence-electron chi connectivity index (χ0n) is 15.1. The molecule has 134 valence electrons. The summed E-state index contributed by atoms with van der Waals surface area (Å²) < 4.78 is 1.73. The lowest BCUT2D eigenvalue weighted by molar-refractivity contribution is 0.0952. The van der Waals surface area contributed by atoms with Crippen LogP contribution in [0.3, 0.4) is 0 Å². The molecule has 0 saturated heterocycles. The number of aryl methyl sites for hydroxylation is 2.